The molecule has 1 amide bonds. The van der Waals surface area contributed by atoms with Gasteiger partial charge in [0.25, 0.3) is 40.5 Å². The largest absolute Gasteiger partial charge is 0.356 e. The monoisotopic (exact) mass is 1020 g/mol. The minimum absolute atomic E-state index is 0.00648. The van der Waals surface area contributed by atoms with E-state index < -0.39 is 70.4 Å². The number of benzene rings is 2. The number of nitrogens with zero attached hydrogens (tertiary/aromatic N) is 2. The molecule has 0 saturated carbocycles. The van der Waals surface area contributed by atoms with Gasteiger partial charge in [0.15, 0.2) is 5.71 Å². The number of amides is 1. The predicted molar refractivity (Wildman–Crippen MR) is 250 cm³/mol. The van der Waals surface area contributed by atoms with Crippen LogP contribution in [0.1, 0.15) is 96.1 Å². The lowest BCUT2D eigenvalue weighted by molar-refractivity contribution is -0.437. The normalized spacial score (nSPS) is 19.2. The highest BCUT2D eigenvalue weighted by atomic mass is 32.2. The molecule has 2 unspecified atom stereocenters. The number of nitrogens with one attached hydrogen (secondary N) is 1. The second-order valence-corrected chi connectivity index (χ2v) is 25.0. The fraction of sp³-hybridized carbons (Fsp3) is 0.524. The van der Waals surface area contributed by atoms with Gasteiger partial charge < -0.3 is 19.6 Å². The summed E-state index contributed by atoms with van der Waals surface area (Å²) in [6.07, 6.45) is 13.1. The van der Waals surface area contributed by atoms with Crippen LogP contribution in [-0.2, 0) is 65.2 Å². The number of unbranched alkanes of at least 4 members (excludes halogenated alkanes) is 4. The van der Waals surface area contributed by atoms with Crippen LogP contribution >= 0.6 is 7.60 Å². The van der Waals surface area contributed by atoms with Gasteiger partial charge in [-0.2, -0.15) is 38.2 Å². The molecule has 4 rings (SSSR count). The summed E-state index contributed by atoms with van der Waals surface area (Å²) in [6.45, 7) is 7.51. The van der Waals surface area contributed by atoms with Crippen molar-refractivity contribution in [2.75, 3.05) is 49.3 Å². The Kier molecular flexibility index (Phi) is 18.5. The molecule has 2 aromatic rings. The molecule has 24 heteroatoms. The average molecular weight is 1020 g/mol. The summed E-state index contributed by atoms with van der Waals surface area (Å²) in [6, 6.07) is 8.23. The van der Waals surface area contributed by atoms with Crippen molar-refractivity contribution in [2.45, 2.75) is 106 Å². The van der Waals surface area contributed by atoms with Crippen LogP contribution in [-0.4, -0.2) is 117 Å². The van der Waals surface area contributed by atoms with E-state index in [1.807, 2.05) is 25.7 Å². The molecule has 0 bridgehead atoms. The Morgan fingerprint density at radius 1 is 0.773 bits per heavy atom. The highest BCUT2D eigenvalue weighted by Crippen LogP contribution is 2.51. The third-order valence-corrected chi connectivity index (χ3v) is 15.5. The molecule has 0 fully saturated rings. The van der Waals surface area contributed by atoms with Crippen LogP contribution in [0, 0.1) is 0 Å². The van der Waals surface area contributed by atoms with Gasteiger partial charge in [-0.1, -0.05) is 37.5 Å². The van der Waals surface area contributed by atoms with Crippen LogP contribution in [0.3, 0.4) is 0 Å². The smallest absolute Gasteiger partial charge is 0.325 e. The van der Waals surface area contributed by atoms with Gasteiger partial charge in [0, 0.05) is 67.1 Å². The number of carbonyl (C=O) groups excluding carboxylic acids is 1. The highest BCUT2D eigenvalue weighted by molar-refractivity contribution is 7.86. The van der Waals surface area contributed by atoms with E-state index >= 15 is 0 Å². The fourth-order valence-corrected chi connectivity index (χ4v) is 10.8. The van der Waals surface area contributed by atoms with E-state index in [0.29, 0.717) is 72.6 Å². The summed E-state index contributed by atoms with van der Waals surface area (Å²) in [5, 5.41) is 2.90. The van der Waals surface area contributed by atoms with E-state index in [4.69, 9.17) is 4.52 Å². The molecule has 2 atom stereocenters. The zero-order valence-corrected chi connectivity index (χ0v) is 41.5. The molecule has 0 saturated heterocycles. The number of hydrogen-bond donors (Lipinski definition) is 6. The SMILES string of the molecule is CC1(C)C(C=CC=CC=C2N(CCCS(=O)(=O)O)c3ccc(S(=O)(=O)O)cc3C2(C)CCCCC(=O)NCCCCCCOP(C)(=O)O)=[N+](CCCS(=O)(=O)O)c2ccc(S(=O)(=O)O)cc21. The summed E-state index contributed by atoms with van der Waals surface area (Å²) >= 11 is 0. The number of hydrogen-bond acceptors (Lipinski definition) is 12. The first kappa shape index (κ1) is 55.0. The lowest BCUT2D eigenvalue weighted by Crippen LogP contribution is -2.30. The van der Waals surface area contributed by atoms with Crippen molar-refractivity contribution in [3.8, 4) is 0 Å². The van der Waals surface area contributed by atoms with Crippen LogP contribution in [0.25, 0.3) is 0 Å². The number of carbonyl (C=O) groups is 1. The maximum Gasteiger partial charge on any atom is 0.325 e. The van der Waals surface area contributed by atoms with Gasteiger partial charge in [0.1, 0.15) is 6.54 Å². The molecule has 6 N–H and O–H groups in total. The average Bonchev–Trinajstić information content (AvgIpc) is 3.54. The Labute approximate surface area is 388 Å². The van der Waals surface area contributed by atoms with Gasteiger partial charge in [0.2, 0.25) is 11.6 Å². The molecular formula is C42H61N3O16PS4+. The van der Waals surface area contributed by atoms with E-state index in [0.717, 1.165) is 19.5 Å². The van der Waals surface area contributed by atoms with Gasteiger partial charge >= 0.3 is 7.60 Å². The number of rotatable bonds is 26. The van der Waals surface area contributed by atoms with Crippen molar-refractivity contribution in [3.63, 3.8) is 0 Å². The Morgan fingerprint density at radius 3 is 2.00 bits per heavy atom. The van der Waals surface area contributed by atoms with Gasteiger partial charge in [-0.3, -0.25) is 27.6 Å². The summed E-state index contributed by atoms with van der Waals surface area (Å²) in [5.41, 5.74) is 1.67. The predicted octanol–water partition coefficient (Wildman–Crippen LogP) is 5.96. The molecule has 19 nitrogen and oxygen atoms in total. The van der Waals surface area contributed by atoms with Crippen LogP contribution < -0.4 is 10.2 Å². The Bertz CT molecular complexity index is 2750. The van der Waals surface area contributed by atoms with Crippen LogP contribution in [0.2, 0.25) is 0 Å². The van der Waals surface area contributed by atoms with Crippen molar-refractivity contribution < 1.29 is 75.2 Å². The number of allylic oxidation sites excluding steroid dienone is 6. The van der Waals surface area contributed by atoms with Crippen molar-refractivity contribution in [1.82, 2.24) is 5.32 Å². The standard InChI is InChI=1S/C42H60N3O16PS4/c1-41(2)34-30-32(65(55,56)57)19-21-36(34)44(25-14-28-63(49,50)51)38(41)16-8-7-9-17-39-42(3,23-11-10-18-40(46)43-24-12-5-6-13-27-61-62(4,47)48)35-31-33(66(58,59)60)20-22-37(35)45(39)26-15-29-64(52,53)54/h7-9,16-17,19-22,30-31H,5-6,10-15,18,23-29H2,1-4H3,(H5-,43,46,47,48,49,50,51,52,53,54,55,56,57,58,59,60)/p+1. The maximum atomic E-state index is 12.7. The van der Waals surface area contributed by atoms with E-state index in [9.17, 15) is 66.1 Å². The van der Waals surface area contributed by atoms with Crippen LogP contribution in [0.5, 0.6) is 0 Å². The molecule has 2 heterocycles. The first-order valence-electron chi connectivity index (χ1n) is 21.3. The first-order valence-corrected chi connectivity index (χ1v) is 29.4. The molecule has 2 aromatic carbocycles. The second-order valence-electron chi connectivity index (χ2n) is 17.1. The van der Waals surface area contributed by atoms with E-state index in [2.05, 4.69) is 5.32 Å². The Balaban J connectivity index is 1.62. The summed E-state index contributed by atoms with van der Waals surface area (Å²) in [7, 11) is -21.3. The van der Waals surface area contributed by atoms with Crippen molar-refractivity contribution >= 4 is 71.1 Å². The molecule has 2 aliphatic heterocycles. The molecule has 0 radical (unpaired) electrons. The number of fused-ring (bicyclic) bond motifs is 2. The summed E-state index contributed by atoms with van der Waals surface area (Å²) in [4.78, 5) is 23.1. The van der Waals surface area contributed by atoms with E-state index in [1.54, 1.807) is 35.0 Å². The molecule has 368 valence electrons. The molecule has 0 spiro atoms. The summed E-state index contributed by atoms with van der Waals surface area (Å²) in [5.74, 6) is -1.23. The molecule has 0 aliphatic carbocycles. The minimum Gasteiger partial charge on any atom is -0.356 e. The van der Waals surface area contributed by atoms with Crippen molar-refractivity contribution in [2.24, 2.45) is 0 Å². The lowest BCUT2D eigenvalue weighted by atomic mass is 9.77. The Morgan fingerprint density at radius 2 is 1.38 bits per heavy atom. The van der Waals surface area contributed by atoms with Gasteiger partial charge in [-0.25, -0.2) is 0 Å². The third kappa shape index (κ3) is 15.7. The van der Waals surface area contributed by atoms with E-state index in [1.165, 1.54) is 36.4 Å². The van der Waals surface area contributed by atoms with Crippen molar-refractivity contribution in [3.05, 3.63) is 83.6 Å². The maximum absolute atomic E-state index is 12.7. The van der Waals surface area contributed by atoms with Crippen LogP contribution in [0.4, 0.5) is 11.4 Å². The molecular weight excluding hydrogens is 962 g/mol. The highest BCUT2D eigenvalue weighted by Gasteiger charge is 2.46. The Hall–Kier alpha value is -3.61. The van der Waals surface area contributed by atoms with Gasteiger partial charge in [0.05, 0.1) is 33.3 Å². The molecule has 2 aliphatic rings. The number of anilines is 1. The van der Waals surface area contributed by atoms with E-state index in [-0.39, 0.29) is 54.7 Å². The topological polar surface area (TPSA) is 299 Å². The summed E-state index contributed by atoms with van der Waals surface area (Å²) < 4.78 is 152. The molecule has 66 heavy (non-hydrogen) atoms. The van der Waals surface area contributed by atoms with Crippen molar-refractivity contribution in [1.29, 1.82) is 0 Å². The fourth-order valence-electron chi connectivity index (χ4n) is 8.31. The van der Waals surface area contributed by atoms with Gasteiger partial charge in [-0.05, 0) is 94.8 Å². The zero-order valence-electron chi connectivity index (χ0n) is 37.4. The second kappa shape index (κ2) is 22.2. The van der Waals surface area contributed by atoms with Gasteiger partial charge in [-0.15, -0.1) is 0 Å². The van der Waals surface area contributed by atoms with Crippen LogP contribution in [0.15, 0.2) is 82.3 Å². The zero-order chi connectivity index (χ0) is 49.4. The lowest BCUT2D eigenvalue weighted by Gasteiger charge is -2.30. The minimum atomic E-state index is -4.64. The third-order valence-electron chi connectivity index (χ3n) is 11.5. The quantitative estimate of drug-likeness (QED) is 0.0208. The first-order chi connectivity index (χ1) is 30.4. The molecule has 0 aromatic heterocycles.